The van der Waals surface area contributed by atoms with E-state index >= 15 is 0 Å². The van der Waals surface area contributed by atoms with Crippen molar-refractivity contribution in [2.45, 2.75) is 26.7 Å². The van der Waals surface area contributed by atoms with Gasteiger partial charge in [0.25, 0.3) is 0 Å². The minimum atomic E-state index is 0.502. The average Bonchev–Trinajstić information content (AvgIpc) is 1.88. The SMILES string of the molecule is Cc1nccc(C(C)C)n1. The van der Waals surface area contributed by atoms with Crippen LogP contribution in [-0.4, -0.2) is 9.97 Å². The first-order valence-corrected chi connectivity index (χ1v) is 3.49. The summed E-state index contributed by atoms with van der Waals surface area (Å²) in [6, 6.07) is 1.96. The fraction of sp³-hybridized carbons (Fsp3) is 0.500. The molecular formula is C8H12N2. The van der Waals surface area contributed by atoms with Gasteiger partial charge >= 0.3 is 0 Å². The molecule has 0 aliphatic heterocycles. The van der Waals surface area contributed by atoms with Crippen molar-refractivity contribution in [2.24, 2.45) is 0 Å². The van der Waals surface area contributed by atoms with Gasteiger partial charge in [0.2, 0.25) is 0 Å². The zero-order valence-electron chi connectivity index (χ0n) is 6.63. The van der Waals surface area contributed by atoms with Crippen LogP contribution in [0, 0.1) is 6.92 Å². The van der Waals surface area contributed by atoms with E-state index in [1.54, 1.807) is 6.20 Å². The van der Waals surface area contributed by atoms with Crippen molar-refractivity contribution in [1.29, 1.82) is 0 Å². The van der Waals surface area contributed by atoms with Crippen LogP contribution in [0.3, 0.4) is 0 Å². The van der Waals surface area contributed by atoms with Crippen LogP contribution >= 0.6 is 0 Å². The lowest BCUT2D eigenvalue weighted by Gasteiger charge is -2.02. The molecule has 0 spiro atoms. The zero-order valence-corrected chi connectivity index (χ0v) is 6.63. The number of nitrogens with zero attached hydrogens (tertiary/aromatic N) is 2. The zero-order chi connectivity index (χ0) is 7.56. The highest BCUT2D eigenvalue weighted by Gasteiger charge is 1.98. The van der Waals surface area contributed by atoms with Gasteiger partial charge < -0.3 is 0 Å². The van der Waals surface area contributed by atoms with Crippen LogP contribution in [0.2, 0.25) is 0 Å². The van der Waals surface area contributed by atoms with Crippen molar-refractivity contribution < 1.29 is 0 Å². The Kier molecular flexibility index (Phi) is 2.00. The molecule has 10 heavy (non-hydrogen) atoms. The molecule has 2 heteroatoms. The highest BCUT2D eigenvalue weighted by molar-refractivity contribution is 5.05. The topological polar surface area (TPSA) is 25.8 Å². The molecule has 0 aliphatic carbocycles. The van der Waals surface area contributed by atoms with Crippen molar-refractivity contribution in [3.8, 4) is 0 Å². The van der Waals surface area contributed by atoms with Gasteiger partial charge in [-0.05, 0) is 18.9 Å². The van der Waals surface area contributed by atoms with Crippen LogP contribution in [0.25, 0.3) is 0 Å². The van der Waals surface area contributed by atoms with E-state index in [1.165, 1.54) is 0 Å². The first-order valence-electron chi connectivity index (χ1n) is 3.49. The molecule has 2 nitrogen and oxygen atoms in total. The molecular weight excluding hydrogens is 124 g/mol. The minimum Gasteiger partial charge on any atom is -0.242 e. The third kappa shape index (κ3) is 1.53. The fourth-order valence-corrected chi connectivity index (χ4v) is 0.796. The molecule has 0 bridgehead atoms. The molecule has 0 unspecified atom stereocenters. The second-order valence-electron chi connectivity index (χ2n) is 2.68. The average molecular weight is 136 g/mol. The van der Waals surface area contributed by atoms with E-state index in [9.17, 15) is 0 Å². The Hall–Kier alpha value is -0.920. The monoisotopic (exact) mass is 136 g/mol. The smallest absolute Gasteiger partial charge is 0.125 e. The summed E-state index contributed by atoms with van der Waals surface area (Å²) in [7, 11) is 0. The van der Waals surface area contributed by atoms with Crippen molar-refractivity contribution in [3.63, 3.8) is 0 Å². The summed E-state index contributed by atoms with van der Waals surface area (Å²) in [4.78, 5) is 8.27. The number of hydrogen-bond acceptors (Lipinski definition) is 2. The Balaban J connectivity index is 2.96. The van der Waals surface area contributed by atoms with Crippen molar-refractivity contribution in [3.05, 3.63) is 23.8 Å². The summed E-state index contributed by atoms with van der Waals surface area (Å²) in [6.45, 7) is 6.16. The molecule has 0 saturated heterocycles. The molecule has 54 valence electrons. The number of aromatic nitrogens is 2. The molecule has 1 rings (SSSR count). The summed E-state index contributed by atoms with van der Waals surface area (Å²) < 4.78 is 0. The number of rotatable bonds is 1. The van der Waals surface area contributed by atoms with Crippen LogP contribution in [0.15, 0.2) is 12.3 Å². The largest absolute Gasteiger partial charge is 0.242 e. The number of aryl methyl sites for hydroxylation is 1. The standard InChI is InChI=1S/C8H12N2/c1-6(2)8-4-5-9-7(3)10-8/h4-6H,1-3H3. The summed E-state index contributed by atoms with van der Waals surface area (Å²) in [5, 5.41) is 0. The lowest BCUT2D eigenvalue weighted by molar-refractivity contribution is 0.801. The maximum Gasteiger partial charge on any atom is 0.125 e. The van der Waals surface area contributed by atoms with Gasteiger partial charge in [-0.15, -0.1) is 0 Å². The Bertz CT molecular complexity index is 218. The maximum atomic E-state index is 4.26. The molecule has 1 aromatic heterocycles. The van der Waals surface area contributed by atoms with Crippen LogP contribution in [0.4, 0.5) is 0 Å². The molecule has 0 N–H and O–H groups in total. The summed E-state index contributed by atoms with van der Waals surface area (Å²) in [5.74, 6) is 1.35. The number of hydrogen-bond donors (Lipinski definition) is 0. The first kappa shape index (κ1) is 7.19. The lowest BCUT2D eigenvalue weighted by Crippen LogP contribution is -1.95. The molecule has 1 aromatic rings. The van der Waals surface area contributed by atoms with E-state index in [0.29, 0.717) is 5.92 Å². The van der Waals surface area contributed by atoms with E-state index in [2.05, 4.69) is 23.8 Å². The van der Waals surface area contributed by atoms with E-state index in [1.807, 2.05) is 13.0 Å². The summed E-state index contributed by atoms with van der Waals surface area (Å²) in [5.41, 5.74) is 1.12. The Morgan fingerprint density at radius 1 is 1.40 bits per heavy atom. The molecule has 0 radical (unpaired) electrons. The fourth-order valence-electron chi connectivity index (χ4n) is 0.796. The van der Waals surface area contributed by atoms with Crippen molar-refractivity contribution >= 4 is 0 Å². The predicted molar refractivity (Wildman–Crippen MR) is 40.9 cm³/mol. The summed E-state index contributed by atoms with van der Waals surface area (Å²) >= 11 is 0. The normalized spacial score (nSPS) is 10.4. The second-order valence-corrected chi connectivity index (χ2v) is 2.68. The van der Waals surface area contributed by atoms with Gasteiger partial charge in [-0.1, -0.05) is 13.8 Å². The van der Waals surface area contributed by atoms with Gasteiger partial charge in [0, 0.05) is 11.9 Å². The van der Waals surface area contributed by atoms with E-state index in [-0.39, 0.29) is 0 Å². The van der Waals surface area contributed by atoms with Gasteiger partial charge in [0.15, 0.2) is 0 Å². The Labute approximate surface area is 61.3 Å². The molecule has 0 amide bonds. The van der Waals surface area contributed by atoms with E-state index < -0.39 is 0 Å². The van der Waals surface area contributed by atoms with E-state index in [0.717, 1.165) is 11.5 Å². The maximum absolute atomic E-state index is 4.26. The Morgan fingerprint density at radius 3 is 2.50 bits per heavy atom. The molecule has 0 saturated carbocycles. The van der Waals surface area contributed by atoms with Gasteiger partial charge in [-0.3, -0.25) is 0 Å². The summed E-state index contributed by atoms with van der Waals surface area (Å²) in [6.07, 6.45) is 1.80. The highest BCUT2D eigenvalue weighted by Crippen LogP contribution is 2.08. The third-order valence-electron chi connectivity index (χ3n) is 1.39. The quantitative estimate of drug-likeness (QED) is 0.589. The molecule has 0 aromatic carbocycles. The molecule has 0 atom stereocenters. The van der Waals surface area contributed by atoms with Gasteiger partial charge in [0.05, 0.1) is 0 Å². The third-order valence-corrected chi connectivity index (χ3v) is 1.39. The molecule has 0 fully saturated rings. The molecule has 1 heterocycles. The lowest BCUT2D eigenvalue weighted by atomic mass is 10.1. The van der Waals surface area contributed by atoms with Crippen molar-refractivity contribution in [2.75, 3.05) is 0 Å². The Morgan fingerprint density at radius 2 is 2.10 bits per heavy atom. The van der Waals surface area contributed by atoms with Crippen molar-refractivity contribution in [1.82, 2.24) is 9.97 Å². The second kappa shape index (κ2) is 2.78. The van der Waals surface area contributed by atoms with Crippen LogP contribution < -0.4 is 0 Å². The van der Waals surface area contributed by atoms with Crippen LogP contribution in [0.1, 0.15) is 31.3 Å². The van der Waals surface area contributed by atoms with Gasteiger partial charge in [-0.2, -0.15) is 0 Å². The van der Waals surface area contributed by atoms with Crippen LogP contribution in [0.5, 0.6) is 0 Å². The first-order chi connectivity index (χ1) is 4.70. The van der Waals surface area contributed by atoms with Gasteiger partial charge in [-0.25, -0.2) is 9.97 Å². The van der Waals surface area contributed by atoms with Crippen LogP contribution in [-0.2, 0) is 0 Å². The highest BCUT2D eigenvalue weighted by atomic mass is 14.9. The minimum absolute atomic E-state index is 0.502. The predicted octanol–water partition coefficient (Wildman–Crippen LogP) is 1.91. The van der Waals surface area contributed by atoms with E-state index in [4.69, 9.17) is 0 Å². The molecule has 0 aliphatic rings. The van der Waals surface area contributed by atoms with Gasteiger partial charge in [0.1, 0.15) is 5.82 Å².